The van der Waals surface area contributed by atoms with Crippen molar-refractivity contribution in [1.82, 2.24) is 0 Å². The molecule has 1 rings (SSSR count). The topological polar surface area (TPSA) is 35.5 Å². The van der Waals surface area contributed by atoms with Crippen molar-refractivity contribution < 1.29 is 14.3 Å². The van der Waals surface area contributed by atoms with Crippen LogP contribution in [0.25, 0.3) is 0 Å². The first-order valence-corrected chi connectivity index (χ1v) is 5.15. The van der Waals surface area contributed by atoms with Crippen LogP contribution in [0.5, 0.6) is 0 Å². The van der Waals surface area contributed by atoms with E-state index in [4.69, 9.17) is 9.47 Å². The molecule has 0 fully saturated rings. The number of ketones is 1. The van der Waals surface area contributed by atoms with Gasteiger partial charge in [0, 0.05) is 13.0 Å². The van der Waals surface area contributed by atoms with Gasteiger partial charge in [0.25, 0.3) is 0 Å². The van der Waals surface area contributed by atoms with Gasteiger partial charge in [-0.2, -0.15) is 0 Å². The highest BCUT2D eigenvalue weighted by Crippen LogP contribution is 2.23. The molecule has 1 aliphatic heterocycles. The average molecular weight is 198 g/mol. The zero-order chi connectivity index (χ0) is 10.6. The van der Waals surface area contributed by atoms with Gasteiger partial charge in [-0.05, 0) is 26.3 Å². The van der Waals surface area contributed by atoms with Crippen molar-refractivity contribution in [3.05, 3.63) is 11.8 Å². The molecule has 3 nitrogen and oxygen atoms in total. The molecule has 14 heavy (non-hydrogen) atoms. The van der Waals surface area contributed by atoms with Crippen LogP contribution >= 0.6 is 0 Å². The molecule has 0 aromatic carbocycles. The van der Waals surface area contributed by atoms with Crippen molar-refractivity contribution in [2.45, 2.75) is 39.2 Å². The Hall–Kier alpha value is -0.830. The van der Waals surface area contributed by atoms with Crippen LogP contribution in [0.2, 0.25) is 0 Å². The van der Waals surface area contributed by atoms with Crippen LogP contribution in [0.1, 0.15) is 33.6 Å². The normalized spacial score (nSPS) is 19.8. The molecule has 0 aromatic heterocycles. The summed E-state index contributed by atoms with van der Waals surface area (Å²) in [7, 11) is 0. The van der Waals surface area contributed by atoms with Gasteiger partial charge < -0.3 is 9.47 Å². The fourth-order valence-corrected chi connectivity index (χ4v) is 1.48. The van der Waals surface area contributed by atoms with Crippen LogP contribution < -0.4 is 0 Å². The number of carbonyl (C=O) groups is 1. The Kier molecular flexibility index (Phi) is 3.69. The molecular formula is C11H18O3. The lowest BCUT2D eigenvalue weighted by Crippen LogP contribution is -2.39. The Labute approximate surface area is 85.1 Å². The molecule has 80 valence electrons. The van der Waals surface area contributed by atoms with Gasteiger partial charge in [-0.3, -0.25) is 4.79 Å². The minimum Gasteiger partial charge on any atom is -0.490 e. The molecular weight excluding hydrogens is 180 g/mol. The van der Waals surface area contributed by atoms with Gasteiger partial charge in [0.05, 0.1) is 6.61 Å². The lowest BCUT2D eigenvalue weighted by atomic mass is 9.96. The van der Waals surface area contributed by atoms with Crippen molar-refractivity contribution >= 4 is 5.78 Å². The molecule has 0 amide bonds. The molecule has 0 aliphatic carbocycles. The molecule has 0 saturated carbocycles. The Morgan fingerprint density at radius 2 is 2.36 bits per heavy atom. The second kappa shape index (κ2) is 4.60. The van der Waals surface area contributed by atoms with Crippen LogP contribution in [0.4, 0.5) is 0 Å². The maximum Gasteiger partial charge on any atom is 0.228 e. The van der Waals surface area contributed by atoms with E-state index in [-0.39, 0.29) is 5.78 Å². The molecule has 0 saturated heterocycles. The monoisotopic (exact) mass is 198 g/mol. The zero-order valence-corrected chi connectivity index (χ0v) is 9.13. The van der Waals surface area contributed by atoms with Gasteiger partial charge in [-0.25, -0.2) is 0 Å². The quantitative estimate of drug-likeness (QED) is 0.678. The summed E-state index contributed by atoms with van der Waals surface area (Å²) in [6.45, 7) is 6.83. The molecule has 0 bridgehead atoms. The minimum atomic E-state index is -0.717. The summed E-state index contributed by atoms with van der Waals surface area (Å²) in [4.78, 5) is 12.0. The predicted octanol–water partition coefficient (Wildman–Crippen LogP) is 2.06. The number of carbonyl (C=O) groups excluding carboxylic acids is 1. The van der Waals surface area contributed by atoms with Crippen LogP contribution in [-0.4, -0.2) is 24.6 Å². The molecule has 0 spiro atoms. The number of rotatable bonds is 5. The third-order valence-electron chi connectivity index (χ3n) is 2.55. The average Bonchev–Trinajstić information content (AvgIpc) is 2.69. The summed E-state index contributed by atoms with van der Waals surface area (Å²) in [6, 6.07) is 0. The lowest BCUT2D eigenvalue weighted by Gasteiger charge is -2.26. The highest BCUT2D eigenvalue weighted by Gasteiger charge is 2.35. The molecule has 1 heterocycles. The summed E-state index contributed by atoms with van der Waals surface area (Å²) in [5.74, 6) is 0.446. The Morgan fingerprint density at radius 3 is 2.79 bits per heavy atom. The number of hydrogen-bond acceptors (Lipinski definition) is 3. The smallest absolute Gasteiger partial charge is 0.228 e. The van der Waals surface area contributed by atoms with Gasteiger partial charge in [0.1, 0.15) is 5.60 Å². The fourth-order valence-electron chi connectivity index (χ4n) is 1.48. The van der Waals surface area contributed by atoms with Gasteiger partial charge in [-0.1, -0.05) is 6.92 Å². The number of ether oxygens (including phenoxy) is 2. The van der Waals surface area contributed by atoms with Crippen molar-refractivity contribution in [3.63, 3.8) is 0 Å². The SMILES string of the molecule is CCOC(C)(CC)C(=O)C1=CCCO1. The molecule has 1 aliphatic rings. The van der Waals surface area contributed by atoms with Gasteiger partial charge >= 0.3 is 0 Å². The van der Waals surface area contributed by atoms with E-state index in [0.29, 0.717) is 25.4 Å². The number of Topliss-reactive ketones (excluding diaryl/α,β-unsaturated/α-hetero) is 1. The molecule has 1 atom stereocenters. The molecule has 0 N–H and O–H groups in total. The third-order valence-corrected chi connectivity index (χ3v) is 2.55. The van der Waals surface area contributed by atoms with Crippen LogP contribution in [-0.2, 0) is 14.3 Å². The van der Waals surface area contributed by atoms with E-state index in [9.17, 15) is 4.79 Å². The summed E-state index contributed by atoms with van der Waals surface area (Å²) >= 11 is 0. The van der Waals surface area contributed by atoms with Crippen molar-refractivity contribution in [3.8, 4) is 0 Å². The Balaban J connectivity index is 2.73. The summed E-state index contributed by atoms with van der Waals surface area (Å²) in [6.07, 6.45) is 3.34. The van der Waals surface area contributed by atoms with E-state index in [1.165, 1.54) is 0 Å². The van der Waals surface area contributed by atoms with Crippen LogP contribution in [0, 0.1) is 0 Å². The van der Waals surface area contributed by atoms with Crippen molar-refractivity contribution in [1.29, 1.82) is 0 Å². The van der Waals surface area contributed by atoms with E-state index in [2.05, 4.69) is 0 Å². The summed E-state index contributed by atoms with van der Waals surface area (Å²) in [5, 5.41) is 0. The maximum atomic E-state index is 12.0. The highest BCUT2D eigenvalue weighted by atomic mass is 16.5. The van der Waals surface area contributed by atoms with E-state index in [1.807, 2.05) is 26.8 Å². The first-order chi connectivity index (χ1) is 6.64. The maximum absolute atomic E-state index is 12.0. The highest BCUT2D eigenvalue weighted by molar-refractivity contribution is 6.00. The summed E-state index contributed by atoms with van der Waals surface area (Å²) < 4.78 is 10.7. The van der Waals surface area contributed by atoms with E-state index in [1.54, 1.807) is 0 Å². The van der Waals surface area contributed by atoms with Crippen molar-refractivity contribution in [2.75, 3.05) is 13.2 Å². The molecule has 0 aromatic rings. The number of hydrogen-bond donors (Lipinski definition) is 0. The third kappa shape index (κ3) is 2.15. The van der Waals surface area contributed by atoms with E-state index in [0.717, 1.165) is 6.42 Å². The van der Waals surface area contributed by atoms with Crippen LogP contribution in [0.3, 0.4) is 0 Å². The Bertz CT molecular complexity index is 245. The molecule has 1 unspecified atom stereocenters. The largest absolute Gasteiger partial charge is 0.490 e. The van der Waals surface area contributed by atoms with Gasteiger partial charge in [0.15, 0.2) is 5.76 Å². The molecule has 0 radical (unpaired) electrons. The minimum absolute atomic E-state index is 0.0284. The standard InChI is InChI=1S/C11H18O3/c1-4-11(3,14-5-2)10(12)9-7-6-8-13-9/h7H,4-6,8H2,1-3H3. The Morgan fingerprint density at radius 1 is 1.64 bits per heavy atom. The fraction of sp³-hybridized carbons (Fsp3) is 0.727. The first-order valence-electron chi connectivity index (χ1n) is 5.15. The second-order valence-corrected chi connectivity index (χ2v) is 3.55. The second-order valence-electron chi connectivity index (χ2n) is 3.55. The predicted molar refractivity (Wildman–Crippen MR) is 54.0 cm³/mol. The van der Waals surface area contributed by atoms with Crippen LogP contribution in [0.15, 0.2) is 11.8 Å². The first kappa shape index (κ1) is 11.2. The van der Waals surface area contributed by atoms with Gasteiger partial charge in [0.2, 0.25) is 5.78 Å². The lowest BCUT2D eigenvalue weighted by molar-refractivity contribution is -0.141. The van der Waals surface area contributed by atoms with Crippen molar-refractivity contribution in [2.24, 2.45) is 0 Å². The molecule has 3 heteroatoms. The van der Waals surface area contributed by atoms with E-state index >= 15 is 0 Å². The zero-order valence-electron chi connectivity index (χ0n) is 9.13. The summed E-state index contributed by atoms with van der Waals surface area (Å²) in [5.41, 5.74) is -0.717. The van der Waals surface area contributed by atoms with Gasteiger partial charge in [-0.15, -0.1) is 0 Å². The van der Waals surface area contributed by atoms with E-state index < -0.39 is 5.60 Å².